The molecule has 0 aromatic heterocycles. The molecule has 0 radical (unpaired) electrons. The van der Waals surface area contributed by atoms with E-state index in [1.807, 2.05) is 36.2 Å². The van der Waals surface area contributed by atoms with Crippen LogP contribution in [0.3, 0.4) is 0 Å². The summed E-state index contributed by atoms with van der Waals surface area (Å²) >= 11 is 0. The van der Waals surface area contributed by atoms with Crippen LogP contribution < -0.4 is 10.1 Å². The number of rotatable bonds is 5. The summed E-state index contributed by atoms with van der Waals surface area (Å²) in [6.45, 7) is 2.68. The zero-order chi connectivity index (χ0) is 16.8. The molecule has 1 saturated heterocycles. The van der Waals surface area contributed by atoms with Crippen LogP contribution in [0.4, 0.5) is 0 Å². The van der Waals surface area contributed by atoms with Crippen LogP contribution in [0, 0.1) is 5.92 Å². The van der Waals surface area contributed by atoms with E-state index in [0.29, 0.717) is 5.92 Å². The van der Waals surface area contributed by atoms with E-state index in [-0.39, 0.29) is 12.0 Å². The predicted molar refractivity (Wildman–Crippen MR) is 96.5 cm³/mol. The molecule has 0 unspecified atom stereocenters. The third-order valence-electron chi connectivity index (χ3n) is 5.26. The van der Waals surface area contributed by atoms with Crippen molar-refractivity contribution in [2.24, 2.45) is 5.92 Å². The Morgan fingerprint density at radius 1 is 1.17 bits per heavy atom. The van der Waals surface area contributed by atoms with Crippen molar-refractivity contribution in [3.63, 3.8) is 0 Å². The SMILES string of the molecule is CNC[C@H]1CCCN(C(=O)c2ccccc2OC2CCCCC2)C1. The maximum Gasteiger partial charge on any atom is 0.257 e. The molecular formula is C20H30N2O2. The van der Waals surface area contributed by atoms with Gasteiger partial charge in [-0.1, -0.05) is 18.6 Å². The van der Waals surface area contributed by atoms with E-state index in [1.54, 1.807) is 0 Å². The summed E-state index contributed by atoms with van der Waals surface area (Å²) in [5.74, 6) is 1.45. The van der Waals surface area contributed by atoms with Crippen LogP contribution in [-0.2, 0) is 0 Å². The molecule has 2 fully saturated rings. The Bertz CT molecular complexity index is 538. The van der Waals surface area contributed by atoms with E-state index in [2.05, 4.69) is 5.32 Å². The van der Waals surface area contributed by atoms with Gasteiger partial charge >= 0.3 is 0 Å². The van der Waals surface area contributed by atoms with Crippen molar-refractivity contribution in [3.05, 3.63) is 29.8 Å². The van der Waals surface area contributed by atoms with Crippen LogP contribution in [0.5, 0.6) is 5.75 Å². The Labute approximate surface area is 145 Å². The first-order valence-electron chi connectivity index (χ1n) is 9.47. The minimum atomic E-state index is 0.127. The van der Waals surface area contributed by atoms with Gasteiger partial charge in [-0.2, -0.15) is 0 Å². The first-order valence-corrected chi connectivity index (χ1v) is 9.47. The number of piperidine rings is 1. The molecule has 1 saturated carbocycles. The number of amides is 1. The van der Waals surface area contributed by atoms with Gasteiger partial charge in [0.25, 0.3) is 5.91 Å². The zero-order valence-corrected chi connectivity index (χ0v) is 14.8. The summed E-state index contributed by atoms with van der Waals surface area (Å²) in [5.41, 5.74) is 0.730. The molecule has 24 heavy (non-hydrogen) atoms. The predicted octanol–water partition coefficient (Wildman–Crippen LogP) is 3.47. The molecule has 0 spiro atoms. The number of hydrogen-bond donors (Lipinski definition) is 1. The van der Waals surface area contributed by atoms with Gasteiger partial charge in [0.1, 0.15) is 5.75 Å². The Balaban J connectivity index is 1.69. The van der Waals surface area contributed by atoms with E-state index in [1.165, 1.54) is 25.7 Å². The molecule has 1 N–H and O–H groups in total. The molecule has 2 aliphatic rings. The lowest BCUT2D eigenvalue weighted by molar-refractivity contribution is 0.0664. The van der Waals surface area contributed by atoms with E-state index >= 15 is 0 Å². The van der Waals surface area contributed by atoms with E-state index in [9.17, 15) is 4.79 Å². The van der Waals surface area contributed by atoms with Crippen molar-refractivity contribution in [1.82, 2.24) is 10.2 Å². The Hall–Kier alpha value is -1.55. The summed E-state index contributed by atoms with van der Waals surface area (Å²) in [6.07, 6.45) is 8.55. The molecule has 1 aromatic rings. The topological polar surface area (TPSA) is 41.6 Å². The minimum Gasteiger partial charge on any atom is -0.490 e. The summed E-state index contributed by atoms with van der Waals surface area (Å²) < 4.78 is 6.21. The molecule has 4 nitrogen and oxygen atoms in total. The molecular weight excluding hydrogens is 300 g/mol. The first-order chi connectivity index (χ1) is 11.8. The third-order valence-corrected chi connectivity index (χ3v) is 5.26. The lowest BCUT2D eigenvalue weighted by atomic mass is 9.97. The second-order valence-electron chi connectivity index (χ2n) is 7.19. The maximum atomic E-state index is 13.0. The van der Waals surface area contributed by atoms with Crippen LogP contribution in [0.1, 0.15) is 55.3 Å². The summed E-state index contributed by atoms with van der Waals surface area (Å²) in [6, 6.07) is 7.78. The highest BCUT2D eigenvalue weighted by Gasteiger charge is 2.26. The Kier molecular flexibility index (Phi) is 6.13. The van der Waals surface area contributed by atoms with Crippen LogP contribution in [0.2, 0.25) is 0 Å². The molecule has 1 aliphatic heterocycles. The molecule has 1 amide bonds. The summed E-state index contributed by atoms with van der Waals surface area (Å²) in [4.78, 5) is 15.0. The molecule has 1 atom stereocenters. The number of ether oxygens (including phenoxy) is 1. The van der Waals surface area contributed by atoms with Crippen molar-refractivity contribution in [1.29, 1.82) is 0 Å². The van der Waals surface area contributed by atoms with Gasteiger partial charge < -0.3 is 15.0 Å². The van der Waals surface area contributed by atoms with Crippen molar-refractivity contribution < 1.29 is 9.53 Å². The first kappa shape index (κ1) is 17.3. The third kappa shape index (κ3) is 4.29. The smallest absolute Gasteiger partial charge is 0.257 e. The number of carbonyl (C=O) groups is 1. The summed E-state index contributed by atoms with van der Waals surface area (Å²) in [5, 5.41) is 3.24. The molecule has 4 heteroatoms. The molecule has 3 rings (SSSR count). The minimum absolute atomic E-state index is 0.127. The fourth-order valence-corrected chi connectivity index (χ4v) is 3.98. The largest absolute Gasteiger partial charge is 0.490 e. The van der Waals surface area contributed by atoms with Gasteiger partial charge in [0.05, 0.1) is 11.7 Å². The average Bonchev–Trinajstić information content (AvgIpc) is 2.63. The zero-order valence-electron chi connectivity index (χ0n) is 14.8. The van der Waals surface area contributed by atoms with E-state index in [4.69, 9.17) is 4.74 Å². The fourth-order valence-electron chi connectivity index (χ4n) is 3.98. The van der Waals surface area contributed by atoms with Crippen LogP contribution in [0.15, 0.2) is 24.3 Å². The van der Waals surface area contributed by atoms with Gasteiger partial charge in [0, 0.05) is 13.1 Å². The Morgan fingerprint density at radius 2 is 1.96 bits per heavy atom. The number of para-hydroxylation sites is 1. The number of hydrogen-bond acceptors (Lipinski definition) is 3. The van der Waals surface area contributed by atoms with Crippen LogP contribution in [-0.4, -0.2) is 43.6 Å². The maximum absolute atomic E-state index is 13.0. The van der Waals surface area contributed by atoms with Crippen molar-refractivity contribution in [2.45, 2.75) is 51.0 Å². The van der Waals surface area contributed by atoms with Crippen molar-refractivity contribution in [2.75, 3.05) is 26.7 Å². The molecule has 0 bridgehead atoms. The van der Waals surface area contributed by atoms with Gasteiger partial charge in [-0.05, 0) is 70.2 Å². The second kappa shape index (κ2) is 8.52. The van der Waals surface area contributed by atoms with E-state index < -0.39 is 0 Å². The molecule has 1 heterocycles. The van der Waals surface area contributed by atoms with Gasteiger partial charge in [0.2, 0.25) is 0 Å². The standard InChI is InChI=1S/C20H30N2O2/c1-21-14-16-8-7-13-22(15-16)20(23)18-11-5-6-12-19(18)24-17-9-3-2-4-10-17/h5-6,11-12,16-17,21H,2-4,7-10,13-15H2,1H3/t16-/m1/s1. The normalized spacial score (nSPS) is 22.4. The number of nitrogens with zero attached hydrogens (tertiary/aromatic N) is 1. The van der Waals surface area contributed by atoms with Crippen LogP contribution >= 0.6 is 0 Å². The quantitative estimate of drug-likeness (QED) is 0.899. The van der Waals surface area contributed by atoms with Crippen LogP contribution in [0.25, 0.3) is 0 Å². The highest BCUT2D eigenvalue weighted by molar-refractivity contribution is 5.97. The lowest BCUT2D eigenvalue weighted by Crippen LogP contribution is -2.42. The number of benzene rings is 1. The highest BCUT2D eigenvalue weighted by Crippen LogP contribution is 2.28. The molecule has 1 aliphatic carbocycles. The van der Waals surface area contributed by atoms with Gasteiger partial charge in [-0.25, -0.2) is 0 Å². The van der Waals surface area contributed by atoms with Crippen molar-refractivity contribution in [3.8, 4) is 5.75 Å². The lowest BCUT2D eigenvalue weighted by Gasteiger charge is -2.33. The average molecular weight is 330 g/mol. The van der Waals surface area contributed by atoms with Gasteiger partial charge in [0.15, 0.2) is 0 Å². The molecule has 132 valence electrons. The van der Waals surface area contributed by atoms with E-state index in [0.717, 1.165) is 50.2 Å². The highest BCUT2D eigenvalue weighted by atomic mass is 16.5. The van der Waals surface area contributed by atoms with Gasteiger partial charge in [-0.15, -0.1) is 0 Å². The van der Waals surface area contributed by atoms with Crippen molar-refractivity contribution >= 4 is 5.91 Å². The number of likely N-dealkylation sites (tertiary alicyclic amines) is 1. The summed E-state index contributed by atoms with van der Waals surface area (Å²) in [7, 11) is 1.98. The number of nitrogens with one attached hydrogen (secondary N) is 1. The Morgan fingerprint density at radius 3 is 2.75 bits per heavy atom. The molecule has 1 aromatic carbocycles. The fraction of sp³-hybridized carbons (Fsp3) is 0.650. The monoisotopic (exact) mass is 330 g/mol. The second-order valence-corrected chi connectivity index (χ2v) is 7.19. The number of carbonyl (C=O) groups excluding carboxylic acids is 1. The van der Waals surface area contributed by atoms with Gasteiger partial charge in [-0.3, -0.25) is 4.79 Å².